The van der Waals surface area contributed by atoms with Crippen LogP contribution < -0.4 is 10.2 Å². The average Bonchev–Trinajstić information content (AvgIpc) is 3.15. The molecule has 0 aliphatic carbocycles. The van der Waals surface area contributed by atoms with Gasteiger partial charge in [0.1, 0.15) is 0 Å². The molecule has 0 aliphatic heterocycles. The molecule has 0 bridgehead atoms. The zero-order chi connectivity index (χ0) is 21.0. The van der Waals surface area contributed by atoms with E-state index >= 15 is 0 Å². The Morgan fingerprint density at radius 2 is 1.79 bits per heavy atom. The van der Waals surface area contributed by atoms with Crippen molar-refractivity contribution in [1.82, 2.24) is 19.5 Å². The van der Waals surface area contributed by atoms with Gasteiger partial charge in [-0.1, -0.05) is 30.3 Å². The number of aliphatic hydroxyl groups excluding tert-OH is 2. The number of imidazole rings is 1. The van der Waals surface area contributed by atoms with E-state index in [9.17, 15) is 10.2 Å². The van der Waals surface area contributed by atoms with Crippen LogP contribution in [0.4, 0.5) is 11.8 Å². The third-order valence-electron chi connectivity index (χ3n) is 4.88. The maximum Gasteiger partial charge on any atom is 0.229 e. The fraction of sp³-hybridized carbons (Fsp3) is 0.476. The van der Waals surface area contributed by atoms with E-state index in [1.807, 2.05) is 53.6 Å². The highest BCUT2D eigenvalue weighted by Gasteiger charge is 2.21. The summed E-state index contributed by atoms with van der Waals surface area (Å²) in [7, 11) is 0. The highest BCUT2D eigenvalue weighted by Crippen LogP contribution is 2.28. The monoisotopic (exact) mass is 398 g/mol. The molecule has 0 spiro atoms. The van der Waals surface area contributed by atoms with Gasteiger partial charge < -0.3 is 25.0 Å². The molecule has 0 unspecified atom stereocenters. The summed E-state index contributed by atoms with van der Waals surface area (Å²) in [5.74, 6) is 1.09. The van der Waals surface area contributed by atoms with Crippen molar-refractivity contribution in [3.8, 4) is 0 Å². The summed E-state index contributed by atoms with van der Waals surface area (Å²) in [6.45, 7) is 8.58. The normalized spacial score (nSPS) is 12.7. The highest BCUT2D eigenvalue weighted by atomic mass is 16.3. The number of hydrogen-bond donors (Lipinski definition) is 3. The van der Waals surface area contributed by atoms with Crippen LogP contribution >= 0.6 is 0 Å². The number of anilines is 2. The minimum atomic E-state index is -0.323. The van der Waals surface area contributed by atoms with Gasteiger partial charge in [0, 0.05) is 18.6 Å². The van der Waals surface area contributed by atoms with Gasteiger partial charge in [0.15, 0.2) is 17.0 Å². The number of hydrogen-bond acceptors (Lipinski definition) is 7. The number of aliphatic hydroxyl groups is 2. The molecule has 0 amide bonds. The molecule has 2 aromatic heterocycles. The first-order valence-electron chi connectivity index (χ1n) is 10.0. The first-order chi connectivity index (χ1) is 14.0. The molecule has 3 N–H and O–H groups in total. The maximum absolute atomic E-state index is 9.98. The van der Waals surface area contributed by atoms with Crippen molar-refractivity contribution in [2.24, 2.45) is 0 Å². The molecule has 29 heavy (non-hydrogen) atoms. The van der Waals surface area contributed by atoms with Crippen LogP contribution in [0.2, 0.25) is 0 Å². The third kappa shape index (κ3) is 4.49. The minimum absolute atomic E-state index is 0.00899. The summed E-state index contributed by atoms with van der Waals surface area (Å²) < 4.78 is 2.00. The third-order valence-corrected chi connectivity index (χ3v) is 4.88. The Morgan fingerprint density at radius 1 is 1.07 bits per heavy atom. The van der Waals surface area contributed by atoms with E-state index in [-0.39, 0.29) is 31.3 Å². The Bertz CT molecular complexity index is 926. The molecule has 0 saturated carbocycles. The fourth-order valence-electron chi connectivity index (χ4n) is 3.29. The predicted molar refractivity (Wildman–Crippen MR) is 115 cm³/mol. The van der Waals surface area contributed by atoms with Crippen LogP contribution in [0.3, 0.4) is 0 Å². The van der Waals surface area contributed by atoms with Gasteiger partial charge in [0.25, 0.3) is 0 Å². The molecule has 3 aromatic rings. The SMILES string of the molecule is CC(C)N(CCO)c1nc(N[C@H](CO)c2ccccc2)c2ncn(C(C)C)c2n1. The summed E-state index contributed by atoms with van der Waals surface area (Å²) in [6, 6.07) is 9.73. The molecule has 8 nitrogen and oxygen atoms in total. The molecule has 3 rings (SSSR count). The summed E-state index contributed by atoms with van der Waals surface area (Å²) >= 11 is 0. The largest absolute Gasteiger partial charge is 0.395 e. The number of fused-ring (bicyclic) bond motifs is 1. The lowest BCUT2D eigenvalue weighted by Crippen LogP contribution is -2.35. The van der Waals surface area contributed by atoms with Crippen LogP contribution in [-0.4, -0.2) is 55.5 Å². The van der Waals surface area contributed by atoms with Gasteiger partial charge in [-0.2, -0.15) is 9.97 Å². The van der Waals surface area contributed by atoms with Crippen LogP contribution in [-0.2, 0) is 0 Å². The molecular formula is C21H30N6O2. The zero-order valence-corrected chi connectivity index (χ0v) is 17.4. The molecule has 1 aromatic carbocycles. The second-order valence-corrected chi connectivity index (χ2v) is 7.59. The van der Waals surface area contributed by atoms with E-state index in [1.165, 1.54) is 0 Å². The smallest absolute Gasteiger partial charge is 0.229 e. The van der Waals surface area contributed by atoms with Crippen molar-refractivity contribution in [2.45, 2.75) is 45.8 Å². The van der Waals surface area contributed by atoms with Crippen LogP contribution in [0.5, 0.6) is 0 Å². The fourth-order valence-corrected chi connectivity index (χ4v) is 3.29. The molecule has 0 saturated heterocycles. The Hall–Kier alpha value is -2.71. The molecule has 0 radical (unpaired) electrons. The minimum Gasteiger partial charge on any atom is -0.395 e. The second kappa shape index (κ2) is 9.19. The topological polar surface area (TPSA) is 99.3 Å². The van der Waals surface area contributed by atoms with E-state index < -0.39 is 0 Å². The molecule has 156 valence electrons. The van der Waals surface area contributed by atoms with E-state index in [0.717, 1.165) is 11.2 Å². The molecule has 0 aliphatic rings. The van der Waals surface area contributed by atoms with Gasteiger partial charge in [-0.05, 0) is 33.3 Å². The van der Waals surface area contributed by atoms with Crippen LogP contribution in [0.15, 0.2) is 36.7 Å². The summed E-state index contributed by atoms with van der Waals surface area (Å²) in [5.41, 5.74) is 2.34. The first kappa shape index (κ1) is 21.0. The number of nitrogens with one attached hydrogen (secondary N) is 1. The van der Waals surface area contributed by atoms with Crippen LogP contribution in [0.1, 0.15) is 45.3 Å². The maximum atomic E-state index is 9.98. The van der Waals surface area contributed by atoms with Gasteiger partial charge >= 0.3 is 0 Å². The van der Waals surface area contributed by atoms with Crippen molar-refractivity contribution in [2.75, 3.05) is 30.0 Å². The molecule has 0 fully saturated rings. The first-order valence-corrected chi connectivity index (χ1v) is 10.0. The van der Waals surface area contributed by atoms with Crippen molar-refractivity contribution in [3.63, 3.8) is 0 Å². The lowest BCUT2D eigenvalue weighted by Gasteiger charge is -2.27. The number of nitrogens with zero attached hydrogens (tertiary/aromatic N) is 5. The van der Waals surface area contributed by atoms with E-state index in [4.69, 9.17) is 9.97 Å². The van der Waals surface area contributed by atoms with E-state index in [0.29, 0.717) is 23.8 Å². The average molecular weight is 399 g/mol. The Balaban J connectivity index is 2.11. The molecule has 8 heteroatoms. The predicted octanol–water partition coefficient (Wildman–Crippen LogP) is 2.76. The quantitative estimate of drug-likeness (QED) is 0.510. The van der Waals surface area contributed by atoms with E-state index in [2.05, 4.69) is 24.1 Å². The second-order valence-electron chi connectivity index (χ2n) is 7.59. The summed E-state index contributed by atoms with van der Waals surface area (Å²) in [6.07, 6.45) is 1.77. The Morgan fingerprint density at radius 3 is 2.38 bits per heavy atom. The summed E-state index contributed by atoms with van der Waals surface area (Å²) in [4.78, 5) is 16.0. The van der Waals surface area contributed by atoms with Crippen molar-refractivity contribution in [1.29, 1.82) is 0 Å². The Kier molecular flexibility index (Phi) is 6.66. The standard InChI is InChI=1S/C21H30N6O2/c1-14(2)26(10-11-28)21-24-19(18-20(25-21)27(13-22-18)15(3)4)23-17(12-29)16-8-6-5-7-9-16/h5-9,13-15,17,28-29H,10-12H2,1-4H3,(H,23,24,25)/t17-/m1/s1. The van der Waals surface area contributed by atoms with Crippen molar-refractivity contribution in [3.05, 3.63) is 42.2 Å². The van der Waals surface area contributed by atoms with Gasteiger partial charge in [-0.3, -0.25) is 0 Å². The Labute approximate surface area is 171 Å². The van der Waals surface area contributed by atoms with Crippen LogP contribution in [0, 0.1) is 0 Å². The van der Waals surface area contributed by atoms with Gasteiger partial charge in [0.05, 0.1) is 25.6 Å². The van der Waals surface area contributed by atoms with Gasteiger partial charge in [0.2, 0.25) is 5.95 Å². The number of benzene rings is 1. The number of rotatable bonds is 9. The van der Waals surface area contributed by atoms with Crippen molar-refractivity contribution < 1.29 is 10.2 Å². The zero-order valence-electron chi connectivity index (χ0n) is 17.4. The summed E-state index contributed by atoms with van der Waals surface area (Å²) in [5, 5.41) is 22.8. The van der Waals surface area contributed by atoms with E-state index in [1.54, 1.807) is 6.33 Å². The van der Waals surface area contributed by atoms with Gasteiger partial charge in [-0.15, -0.1) is 0 Å². The van der Waals surface area contributed by atoms with Crippen LogP contribution in [0.25, 0.3) is 11.2 Å². The molecule has 2 heterocycles. The van der Waals surface area contributed by atoms with Crippen molar-refractivity contribution >= 4 is 22.9 Å². The van der Waals surface area contributed by atoms with Gasteiger partial charge in [-0.25, -0.2) is 4.98 Å². The highest BCUT2D eigenvalue weighted by molar-refractivity contribution is 5.84. The number of aromatic nitrogens is 4. The lowest BCUT2D eigenvalue weighted by molar-refractivity contribution is 0.276. The molecular weight excluding hydrogens is 368 g/mol. The molecule has 1 atom stereocenters. The lowest BCUT2D eigenvalue weighted by atomic mass is 10.1.